The lowest BCUT2D eigenvalue weighted by molar-refractivity contribution is 0.796. The van der Waals surface area contributed by atoms with Gasteiger partial charge in [-0.2, -0.15) is 0 Å². The monoisotopic (exact) mass is 458 g/mol. The van der Waals surface area contributed by atoms with Crippen molar-refractivity contribution in [1.29, 1.82) is 0 Å². The average molecular weight is 458 g/mol. The minimum atomic E-state index is 0. The molecule has 0 aliphatic heterocycles. The zero-order chi connectivity index (χ0) is 16.5. The van der Waals surface area contributed by atoms with Crippen LogP contribution in [-0.4, -0.2) is 30.6 Å². The zero-order valence-electron chi connectivity index (χ0n) is 14.6. The summed E-state index contributed by atoms with van der Waals surface area (Å²) in [6, 6.07) is 8.64. The molecule has 0 aliphatic carbocycles. The van der Waals surface area contributed by atoms with E-state index in [0.29, 0.717) is 0 Å². The Morgan fingerprint density at radius 3 is 2.71 bits per heavy atom. The van der Waals surface area contributed by atoms with Crippen molar-refractivity contribution < 1.29 is 0 Å². The third-order valence-corrected chi connectivity index (χ3v) is 4.37. The summed E-state index contributed by atoms with van der Waals surface area (Å²) in [7, 11) is 0. The second-order valence-corrected chi connectivity index (χ2v) is 6.86. The fraction of sp³-hybridized carbons (Fsp3) is 0.444. The Morgan fingerprint density at radius 2 is 2.04 bits per heavy atom. The molecule has 0 saturated carbocycles. The Balaban J connectivity index is 0.00000288. The van der Waals surface area contributed by atoms with Gasteiger partial charge in [0.1, 0.15) is 0 Å². The maximum Gasteiger partial charge on any atom is 0.191 e. The zero-order valence-corrected chi connectivity index (χ0v) is 17.8. The summed E-state index contributed by atoms with van der Waals surface area (Å²) in [5.41, 5.74) is 2.66. The Morgan fingerprint density at radius 1 is 1.21 bits per heavy atom. The largest absolute Gasteiger partial charge is 0.357 e. The van der Waals surface area contributed by atoms with Crippen molar-refractivity contribution >= 4 is 41.3 Å². The molecule has 0 atom stereocenters. The highest BCUT2D eigenvalue weighted by molar-refractivity contribution is 14.0. The standard InChI is InChI=1S/C18H26N4S.HI/c1-4-19-18(21-11-9-17-22-13-15(3)23-17)20-10-8-16-7-5-6-14(2)12-16;/h5-7,12-13H,4,8-11H2,1-3H3,(H2,19,20,21);1H. The van der Waals surface area contributed by atoms with Crippen LogP contribution in [0, 0.1) is 13.8 Å². The van der Waals surface area contributed by atoms with Crippen molar-refractivity contribution in [2.45, 2.75) is 33.6 Å². The second-order valence-electron chi connectivity index (χ2n) is 5.54. The number of guanidine groups is 1. The first-order chi connectivity index (χ1) is 11.2. The van der Waals surface area contributed by atoms with Gasteiger partial charge in [0, 0.05) is 37.1 Å². The van der Waals surface area contributed by atoms with E-state index in [4.69, 9.17) is 0 Å². The molecule has 0 radical (unpaired) electrons. The number of aryl methyl sites for hydroxylation is 2. The predicted octanol–water partition coefficient (Wildman–Crippen LogP) is 3.72. The van der Waals surface area contributed by atoms with Gasteiger partial charge >= 0.3 is 0 Å². The van der Waals surface area contributed by atoms with Crippen LogP contribution in [0.3, 0.4) is 0 Å². The lowest BCUT2D eigenvalue weighted by atomic mass is 10.1. The van der Waals surface area contributed by atoms with Gasteiger partial charge in [-0.25, -0.2) is 4.98 Å². The number of nitrogens with zero attached hydrogens (tertiary/aromatic N) is 2. The smallest absolute Gasteiger partial charge is 0.191 e. The number of aliphatic imine (C=N–C) groups is 1. The van der Waals surface area contributed by atoms with Crippen molar-refractivity contribution in [2.24, 2.45) is 4.99 Å². The summed E-state index contributed by atoms with van der Waals surface area (Å²) < 4.78 is 0. The highest BCUT2D eigenvalue weighted by Gasteiger charge is 2.00. The maximum absolute atomic E-state index is 4.63. The van der Waals surface area contributed by atoms with E-state index in [2.05, 4.69) is 65.6 Å². The van der Waals surface area contributed by atoms with Crippen LogP contribution in [0.5, 0.6) is 0 Å². The summed E-state index contributed by atoms with van der Waals surface area (Å²) in [6.07, 6.45) is 3.82. The predicted molar refractivity (Wildman–Crippen MR) is 115 cm³/mol. The molecule has 1 heterocycles. The SMILES string of the molecule is CCNC(=NCCc1ncc(C)s1)NCCc1cccc(C)c1.I. The molecule has 0 unspecified atom stereocenters. The van der Waals surface area contributed by atoms with Crippen molar-refractivity contribution in [1.82, 2.24) is 15.6 Å². The molecule has 1 aromatic heterocycles. The Hall–Kier alpha value is -1.15. The number of nitrogens with one attached hydrogen (secondary N) is 2. The van der Waals surface area contributed by atoms with Crippen LogP contribution in [-0.2, 0) is 12.8 Å². The lowest BCUT2D eigenvalue weighted by Gasteiger charge is -2.11. The first kappa shape index (κ1) is 20.9. The van der Waals surface area contributed by atoms with Crippen LogP contribution in [0.4, 0.5) is 0 Å². The Labute approximate surface area is 166 Å². The molecule has 0 bridgehead atoms. The molecule has 0 spiro atoms. The van der Waals surface area contributed by atoms with Gasteiger partial charge in [0.25, 0.3) is 0 Å². The van der Waals surface area contributed by atoms with E-state index in [1.165, 1.54) is 16.0 Å². The lowest BCUT2D eigenvalue weighted by Crippen LogP contribution is -2.38. The minimum absolute atomic E-state index is 0. The van der Waals surface area contributed by atoms with Gasteiger partial charge in [0.05, 0.1) is 5.01 Å². The molecule has 1 aromatic carbocycles. The maximum atomic E-state index is 4.63. The molecule has 24 heavy (non-hydrogen) atoms. The molecule has 0 aliphatic rings. The fourth-order valence-electron chi connectivity index (χ4n) is 2.32. The topological polar surface area (TPSA) is 49.3 Å². The summed E-state index contributed by atoms with van der Waals surface area (Å²) in [4.78, 5) is 10.3. The summed E-state index contributed by atoms with van der Waals surface area (Å²) >= 11 is 1.75. The highest BCUT2D eigenvalue weighted by atomic mass is 127. The van der Waals surface area contributed by atoms with Gasteiger partial charge in [-0.05, 0) is 32.8 Å². The first-order valence-corrected chi connectivity index (χ1v) is 8.98. The van der Waals surface area contributed by atoms with E-state index in [9.17, 15) is 0 Å². The minimum Gasteiger partial charge on any atom is -0.357 e. The van der Waals surface area contributed by atoms with Crippen LogP contribution >= 0.6 is 35.3 Å². The van der Waals surface area contributed by atoms with Crippen LogP contribution in [0.2, 0.25) is 0 Å². The summed E-state index contributed by atoms with van der Waals surface area (Å²) in [5.74, 6) is 0.883. The number of thiazole rings is 1. The van der Waals surface area contributed by atoms with E-state index in [-0.39, 0.29) is 24.0 Å². The molecule has 6 heteroatoms. The number of benzene rings is 1. The van der Waals surface area contributed by atoms with Crippen LogP contribution in [0.1, 0.15) is 27.9 Å². The van der Waals surface area contributed by atoms with E-state index in [1.54, 1.807) is 11.3 Å². The van der Waals surface area contributed by atoms with Crippen molar-refractivity contribution in [2.75, 3.05) is 19.6 Å². The fourth-order valence-corrected chi connectivity index (χ4v) is 3.09. The Bertz CT molecular complexity index is 639. The van der Waals surface area contributed by atoms with Crippen molar-refractivity contribution in [3.8, 4) is 0 Å². The van der Waals surface area contributed by atoms with Gasteiger partial charge in [-0.1, -0.05) is 29.8 Å². The van der Waals surface area contributed by atoms with Crippen LogP contribution < -0.4 is 10.6 Å². The van der Waals surface area contributed by atoms with Gasteiger partial charge < -0.3 is 10.6 Å². The normalized spacial score (nSPS) is 11.0. The van der Waals surface area contributed by atoms with Crippen molar-refractivity contribution in [3.63, 3.8) is 0 Å². The summed E-state index contributed by atoms with van der Waals surface area (Å²) in [6.45, 7) is 8.80. The van der Waals surface area contributed by atoms with Crippen LogP contribution in [0.15, 0.2) is 35.5 Å². The number of aromatic nitrogens is 1. The molecule has 0 saturated heterocycles. The average Bonchev–Trinajstić information content (AvgIpc) is 2.93. The third kappa shape index (κ3) is 7.61. The van der Waals surface area contributed by atoms with Gasteiger partial charge in [0.2, 0.25) is 0 Å². The van der Waals surface area contributed by atoms with Gasteiger partial charge in [-0.15, -0.1) is 35.3 Å². The quantitative estimate of drug-likeness (QED) is 0.378. The first-order valence-electron chi connectivity index (χ1n) is 8.16. The number of hydrogen-bond acceptors (Lipinski definition) is 3. The molecule has 4 nitrogen and oxygen atoms in total. The molecule has 132 valence electrons. The summed E-state index contributed by atoms with van der Waals surface area (Å²) in [5, 5.41) is 7.85. The number of hydrogen-bond donors (Lipinski definition) is 2. The van der Waals surface area contributed by atoms with Gasteiger partial charge in [-0.3, -0.25) is 4.99 Å². The highest BCUT2D eigenvalue weighted by Crippen LogP contribution is 2.11. The Kier molecular flexibility index (Phi) is 9.94. The molecule has 2 N–H and O–H groups in total. The molecular weight excluding hydrogens is 431 g/mol. The van der Waals surface area contributed by atoms with E-state index in [1.807, 2.05) is 6.20 Å². The van der Waals surface area contributed by atoms with E-state index in [0.717, 1.165) is 43.4 Å². The molecule has 2 aromatic rings. The number of halogens is 1. The number of rotatable bonds is 7. The van der Waals surface area contributed by atoms with Crippen LogP contribution in [0.25, 0.3) is 0 Å². The van der Waals surface area contributed by atoms with E-state index < -0.39 is 0 Å². The molecule has 0 fully saturated rings. The molecule has 2 rings (SSSR count). The molecule has 0 amide bonds. The van der Waals surface area contributed by atoms with Crippen molar-refractivity contribution in [3.05, 3.63) is 51.5 Å². The molecular formula is C18H27IN4S. The van der Waals surface area contributed by atoms with E-state index >= 15 is 0 Å². The third-order valence-electron chi connectivity index (χ3n) is 3.40. The van der Waals surface area contributed by atoms with Gasteiger partial charge in [0.15, 0.2) is 5.96 Å². The second kappa shape index (κ2) is 11.4.